The van der Waals surface area contributed by atoms with Crippen LogP contribution in [0.3, 0.4) is 0 Å². The second kappa shape index (κ2) is 5.74. The SMILES string of the molecule is CC(=O)N1CCCN(C(=O)n2cc(C(F)(F)F)cn2)CC1. The molecule has 9 heteroatoms. The molecule has 0 saturated carbocycles. The predicted molar refractivity (Wildman–Crippen MR) is 66.5 cm³/mol. The van der Waals surface area contributed by atoms with Crippen molar-refractivity contribution in [2.24, 2.45) is 0 Å². The van der Waals surface area contributed by atoms with Crippen molar-refractivity contribution in [2.75, 3.05) is 26.2 Å². The molecule has 1 aromatic rings. The van der Waals surface area contributed by atoms with Crippen LogP contribution in [0.4, 0.5) is 18.0 Å². The molecule has 2 amide bonds. The lowest BCUT2D eigenvalue weighted by Crippen LogP contribution is -2.38. The Morgan fingerprint density at radius 2 is 1.76 bits per heavy atom. The summed E-state index contributed by atoms with van der Waals surface area (Å²) in [4.78, 5) is 26.4. The number of hydrogen-bond acceptors (Lipinski definition) is 3. The minimum atomic E-state index is -4.53. The minimum Gasteiger partial charge on any atom is -0.341 e. The van der Waals surface area contributed by atoms with E-state index in [1.165, 1.54) is 11.8 Å². The van der Waals surface area contributed by atoms with Gasteiger partial charge in [-0.15, -0.1) is 0 Å². The lowest BCUT2D eigenvalue weighted by molar-refractivity contribution is -0.137. The van der Waals surface area contributed by atoms with Crippen LogP contribution in [0.2, 0.25) is 0 Å². The number of nitrogens with zero attached hydrogens (tertiary/aromatic N) is 4. The summed E-state index contributed by atoms with van der Waals surface area (Å²) in [5.74, 6) is -0.0808. The molecule has 2 heterocycles. The molecule has 1 fully saturated rings. The molecule has 21 heavy (non-hydrogen) atoms. The summed E-state index contributed by atoms with van der Waals surface area (Å²) < 4.78 is 38.2. The number of carbonyl (C=O) groups excluding carboxylic acids is 2. The summed E-state index contributed by atoms with van der Waals surface area (Å²) in [7, 11) is 0. The number of aromatic nitrogens is 2. The minimum absolute atomic E-state index is 0.0808. The van der Waals surface area contributed by atoms with Gasteiger partial charge in [0.1, 0.15) is 0 Å². The first-order chi connectivity index (χ1) is 9.79. The molecule has 2 rings (SSSR count). The van der Waals surface area contributed by atoms with Gasteiger partial charge in [-0.2, -0.15) is 23.0 Å². The molecule has 0 radical (unpaired) electrons. The van der Waals surface area contributed by atoms with Crippen molar-refractivity contribution in [1.82, 2.24) is 19.6 Å². The van der Waals surface area contributed by atoms with Gasteiger partial charge in [-0.1, -0.05) is 0 Å². The Morgan fingerprint density at radius 3 is 2.33 bits per heavy atom. The highest BCUT2D eigenvalue weighted by Gasteiger charge is 2.33. The van der Waals surface area contributed by atoms with Gasteiger partial charge < -0.3 is 9.80 Å². The second-order valence-corrected chi connectivity index (χ2v) is 4.80. The summed E-state index contributed by atoms with van der Waals surface area (Å²) in [6, 6.07) is -0.615. The molecule has 0 atom stereocenters. The van der Waals surface area contributed by atoms with Crippen molar-refractivity contribution in [3.05, 3.63) is 18.0 Å². The van der Waals surface area contributed by atoms with E-state index < -0.39 is 17.8 Å². The van der Waals surface area contributed by atoms with Crippen molar-refractivity contribution >= 4 is 11.9 Å². The summed E-state index contributed by atoms with van der Waals surface area (Å²) >= 11 is 0. The molecule has 1 aliphatic heterocycles. The predicted octanol–water partition coefficient (Wildman–Crippen LogP) is 1.42. The van der Waals surface area contributed by atoms with Crippen molar-refractivity contribution in [3.8, 4) is 0 Å². The van der Waals surface area contributed by atoms with Gasteiger partial charge in [-0.3, -0.25) is 4.79 Å². The number of amides is 2. The van der Waals surface area contributed by atoms with E-state index in [-0.39, 0.29) is 12.5 Å². The molecule has 1 aliphatic rings. The maximum atomic E-state index is 12.5. The van der Waals surface area contributed by atoms with Crippen LogP contribution < -0.4 is 0 Å². The van der Waals surface area contributed by atoms with Crippen LogP contribution >= 0.6 is 0 Å². The van der Waals surface area contributed by atoms with Gasteiger partial charge >= 0.3 is 12.2 Å². The largest absolute Gasteiger partial charge is 0.419 e. The lowest BCUT2D eigenvalue weighted by atomic mass is 10.3. The Hall–Kier alpha value is -2.06. The maximum absolute atomic E-state index is 12.5. The molecular formula is C12H15F3N4O2. The zero-order valence-electron chi connectivity index (χ0n) is 11.4. The molecule has 6 nitrogen and oxygen atoms in total. The lowest BCUT2D eigenvalue weighted by Gasteiger charge is -2.20. The normalized spacial score (nSPS) is 16.8. The van der Waals surface area contributed by atoms with Gasteiger partial charge in [0, 0.05) is 39.3 Å². The van der Waals surface area contributed by atoms with E-state index in [0.29, 0.717) is 43.1 Å². The van der Waals surface area contributed by atoms with Crippen LogP contribution in [-0.2, 0) is 11.0 Å². The Bertz CT molecular complexity index is 541. The van der Waals surface area contributed by atoms with Crippen LogP contribution in [0.5, 0.6) is 0 Å². The molecule has 0 N–H and O–H groups in total. The van der Waals surface area contributed by atoms with E-state index in [2.05, 4.69) is 5.10 Å². The van der Waals surface area contributed by atoms with Crippen molar-refractivity contribution in [1.29, 1.82) is 0 Å². The average molecular weight is 304 g/mol. The van der Waals surface area contributed by atoms with Crippen molar-refractivity contribution in [2.45, 2.75) is 19.5 Å². The number of alkyl halides is 3. The van der Waals surface area contributed by atoms with Gasteiger partial charge in [0.2, 0.25) is 5.91 Å². The molecule has 0 bridgehead atoms. The fourth-order valence-corrected chi connectivity index (χ4v) is 2.14. The third-order valence-electron chi connectivity index (χ3n) is 3.32. The standard InChI is InChI=1S/C12H15F3N4O2/c1-9(20)17-3-2-4-18(6-5-17)11(21)19-8-10(7-16-19)12(13,14)15/h7-8H,2-6H2,1H3. The van der Waals surface area contributed by atoms with Crippen LogP contribution in [-0.4, -0.2) is 57.7 Å². The molecule has 0 unspecified atom stereocenters. The van der Waals surface area contributed by atoms with Gasteiger partial charge in [0.25, 0.3) is 0 Å². The summed E-state index contributed by atoms with van der Waals surface area (Å²) in [5.41, 5.74) is -0.962. The monoisotopic (exact) mass is 304 g/mol. The number of hydrogen-bond donors (Lipinski definition) is 0. The van der Waals surface area contributed by atoms with Crippen LogP contribution in [0.25, 0.3) is 0 Å². The average Bonchev–Trinajstić information content (AvgIpc) is 2.76. The fraction of sp³-hybridized carbons (Fsp3) is 0.583. The first kappa shape index (κ1) is 15.3. The van der Waals surface area contributed by atoms with E-state index in [1.54, 1.807) is 4.90 Å². The van der Waals surface area contributed by atoms with Gasteiger partial charge in [-0.25, -0.2) is 4.79 Å². The first-order valence-corrected chi connectivity index (χ1v) is 6.45. The quantitative estimate of drug-likeness (QED) is 0.728. The highest BCUT2D eigenvalue weighted by Crippen LogP contribution is 2.28. The van der Waals surface area contributed by atoms with Crippen LogP contribution in [0.1, 0.15) is 18.9 Å². The van der Waals surface area contributed by atoms with E-state index >= 15 is 0 Å². The Morgan fingerprint density at radius 1 is 1.14 bits per heavy atom. The Kier molecular flexibility index (Phi) is 4.19. The van der Waals surface area contributed by atoms with E-state index in [9.17, 15) is 22.8 Å². The zero-order valence-corrected chi connectivity index (χ0v) is 11.4. The third kappa shape index (κ3) is 3.53. The van der Waals surface area contributed by atoms with Crippen molar-refractivity contribution < 1.29 is 22.8 Å². The highest BCUT2D eigenvalue weighted by atomic mass is 19.4. The van der Waals surface area contributed by atoms with Gasteiger partial charge in [-0.05, 0) is 6.42 Å². The van der Waals surface area contributed by atoms with Crippen molar-refractivity contribution in [3.63, 3.8) is 0 Å². The van der Waals surface area contributed by atoms with E-state index in [0.717, 1.165) is 0 Å². The number of rotatable bonds is 0. The molecule has 0 spiro atoms. The van der Waals surface area contributed by atoms with Gasteiger partial charge in [0.05, 0.1) is 11.8 Å². The molecule has 0 aliphatic carbocycles. The molecular weight excluding hydrogens is 289 g/mol. The molecule has 1 saturated heterocycles. The zero-order chi connectivity index (χ0) is 15.6. The van der Waals surface area contributed by atoms with Gasteiger partial charge in [0.15, 0.2) is 0 Å². The molecule has 116 valence electrons. The highest BCUT2D eigenvalue weighted by molar-refractivity contribution is 5.76. The number of carbonyl (C=O) groups is 2. The summed E-state index contributed by atoms with van der Waals surface area (Å²) in [6.07, 6.45) is -2.64. The second-order valence-electron chi connectivity index (χ2n) is 4.80. The van der Waals surface area contributed by atoms with Crippen LogP contribution in [0, 0.1) is 0 Å². The Labute approximate surface area is 119 Å². The Balaban J connectivity index is 2.06. The topological polar surface area (TPSA) is 58.4 Å². The first-order valence-electron chi connectivity index (χ1n) is 6.45. The fourth-order valence-electron chi connectivity index (χ4n) is 2.14. The molecule has 1 aromatic heterocycles. The summed E-state index contributed by atoms with van der Waals surface area (Å²) in [5, 5.41) is 3.47. The smallest absolute Gasteiger partial charge is 0.341 e. The summed E-state index contributed by atoms with van der Waals surface area (Å²) in [6.45, 7) is 3.00. The van der Waals surface area contributed by atoms with E-state index in [4.69, 9.17) is 0 Å². The maximum Gasteiger partial charge on any atom is 0.419 e. The number of halogens is 3. The molecule has 0 aromatic carbocycles. The third-order valence-corrected chi connectivity index (χ3v) is 3.32. The van der Waals surface area contributed by atoms with Crippen LogP contribution in [0.15, 0.2) is 12.4 Å². The van der Waals surface area contributed by atoms with E-state index in [1.807, 2.05) is 0 Å².